The number of rotatable bonds is 4. The smallest absolute Gasteiger partial charge is 0.305 e. The van der Waals surface area contributed by atoms with E-state index in [-0.39, 0.29) is 73.9 Å². The van der Waals surface area contributed by atoms with E-state index in [9.17, 15) is 71.5 Å². The van der Waals surface area contributed by atoms with E-state index in [1.165, 1.54) is 18.2 Å². The minimum atomic E-state index is -2.31. The molecule has 0 saturated heterocycles. The van der Waals surface area contributed by atoms with Gasteiger partial charge in [0.25, 0.3) is 0 Å². The third-order valence-corrected chi connectivity index (χ3v) is 12.2. The van der Waals surface area contributed by atoms with Crippen LogP contribution >= 0.6 is 0 Å². The maximum Gasteiger partial charge on any atom is 0.305 e. The molecule has 2 bridgehead atoms. The largest absolute Gasteiger partial charge is 0.508 e. The number of aliphatic hydroxyl groups is 3. The predicted octanol–water partition coefficient (Wildman–Crippen LogP) is 4.24. The molecule has 324 valence electrons. The summed E-state index contributed by atoms with van der Waals surface area (Å²) in [6, 6.07) is 14.8. The quantitative estimate of drug-likeness (QED) is 0.110. The van der Waals surface area contributed by atoms with Crippen molar-refractivity contribution < 1.29 is 90.4 Å². The van der Waals surface area contributed by atoms with Crippen LogP contribution in [-0.2, 0) is 12.2 Å². The van der Waals surface area contributed by atoms with E-state index in [0.29, 0.717) is 0 Å². The first-order valence-corrected chi connectivity index (χ1v) is 19.3. The fourth-order valence-corrected chi connectivity index (χ4v) is 9.32. The van der Waals surface area contributed by atoms with Crippen molar-refractivity contribution in [2.45, 2.75) is 54.6 Å². The van der Waals surface area contributed by atoms with E-state index in [2.05, 4.69) is 0 Å². The topological polar surface area (TPSA) is 320 Å². The molecule has 8 atom stereocenters. The molecule has 63 heavy (non-hydrogen) atoms. The highest BCUT2D eigenvalue weighted by Crippen LogP contribution is 2.65. The number of aliphatic hydroxyl groups excluding tert-OH is 3. The van der Waals surface area contributed by atoms with Crippen LogP contribution in [0.3, 0.4) is 0 Å². The molecule has 0 aliphatic carbocycles. The molecule has 3 unspecified atom stereocenters. The second-order valence-electron chi connectivity index (χ2n) is 15.9. The Bertz CT molecular complexity index is 2910. The Morgan fingerprint density at radius 1 is 0.444 bits per heavy atom. The minimum absolute atomic E-state index is 0.0325. The SMILES string of the molecule is Oc1cc(O)c2c(c1)O[C@@]1(c3ccc(O)c(O)c3)Oc3cc(O)c4c(c3[C@@H]2[C@H]1O)O[C@@H](c1ccc(O)c(O)c1)[C@@H](O)C4c1c(O)cc(O)c2c1OC(c1ccc(O)c(O)c1)C(O)C2. The first kappa shape index (κ1) is 39.3. The van der Waals surface area contributed by atoms with Gasteiger partial charge in [-0.1, -0.05) is 12.1 Å². The molecule has 0 fully saturated rings. The number of hydrogen-bond donors (Lipinski definition) is 14. The molecule has 6 aromatic carbocycles. The molecule has 0 spiro atoms. The number of benzene rings is 6. The third kappa shape index (κ3) is 5.68. The lowest BCUT2D eigenvalue weighted by molar-refractivity contribution is -0.219. The molecular weight excluding hydrogens is 828 g/mol. The Hall–Kier alpha value is -7.80. The Morgan fingerprint density at radius 2 is 0.984 bits per heavy atom. The molecule has 14 N–H and O–H groups in total. The molecule has 0 amide bonds. The number of fused-ring (bicyclic) bond motifs is 9. The lowest BCUT2D eigenvalue weighted by Gasteiger charge is -2.51. The summed E-state index contributed by atoms with van der Waals surface area (Å²) in [5.41, 5.74) is -0.583. The van der Waals surface area contributed by atoms with Crippen LogP contribution in [0.25, 0.3) is 0 Å². The molecule has 10 rings (SSSR count). The zero-order valence-electron chi connectivity index (χ0n) is 32.1. The van der Waals surface area contributed by atoms with Crippen molar-refractivity contribution in [3.05, 3.63) is 123 Å². The van der Waals surface area contributed by atoms with E-state index < -0.39 is 111 Å². The van der Waals surface area contributed by atoms with Gasteiger partial charge in [0.1, 0.15) is 70.1 Å². The van der Waals surface area contributed by atoms with Crippen molar-refractivity contribution in [3.8, 4) is 86.2 Å². The average Bonchev–Trinajstić information content (AvgIpc) is 3.22. The van der Waals surface area contributed by atoms with Gasteiger partial charge >= 0.3 is 5.79 Å². The van der Waals surface area contributed by atoms with E-state index in [1.807, 2.05) is 0 Å². The fourth-order valence-electron chi connectivity index (χ4n) is 9.32. The van der Waals surface area contributed by atoms with Crippen molar-refractivity contribution >= 4 is 0 Å². The van der Waals surface area contributed by atoms with Crippen LogP contribution in [0, 0.1) is 0 Å². The summed E-state index contributed by atoms with van der Waals surface area (Å²) in [5.74, 6) is -12.6. The number of aromatic hydroxyl groups is 11. The van der Waals surface area contributed by atoms with Crippen LogP contribution in [0.4, 0.5) is 0 Å². The molecule has 18 heteroatoms. The van der Waals surface area contributed by atoms with Gasteiger partial charge in [-0.2, -0.15) is 0 Å². The van der Waals surface area contributed by atoms with Crippen LogP contribution in [0.15, 0.2) is 78.9 Å². The Morgan fingerprint density at radius 3 is 1.62 bits per heavy atom. The molecule has 18 nitrogen and oxygen atoms in total. The summed E-state index contributed by atoms with van der Waals surface area (Å²) in [7, 11) is 0. The van der Waals surface area contributed by atoms with Gasteiger partial charge in [0.2, 0.25) is 0 Å². The third-order valence-electron chi connectivity index (χ3n) is 12.2. The maximum absolute atomic E-state index is 12.5. The Kier molecular flexibility index (Phi) is 8.49. The van der Waals surface area contributed by atoms with E-state index >= 15 is 0 Å². The highest BCUT2D eigenvalue weighted by molar-refractivity contribution is 5.72. The first-order valence-electron chi connectivity index (χ1n) is 19.3. The van der Waals surface area contributed by atoms with Crippen molar-refractivity contribution in [2.24, 2.45) is 0 Å². The minimum Gasteiger partial charge on any atom is -0.508 e. The van der Waals surface area contributed by atoms with E-state index in [0.717, 1.165) is 60.7 Å². The van der Waals surface area contributed by atoms with Gasteiger partial charge in [0.05, 0.1) is 17.9 Å². The molecule has 4 aliphatic rings. The van der Waals surface area contributed by atoms with Gasteiger partial charge < -0.3 is 90.4 Å². The predicted molar refractivity (Wildman–Crippen MR) is 212 cm³/mol. The number of hydrogen-bond acceptors (Lipinski definition) is 18. The number of phenols is 11. The second kappa shape index (κ2) is 13.6. The zero-order chi connectivity index (χ0) is 44.5. The monoisotopic (exact) mass is 864 g/mol. The summed E-state index contributed by atoms with van der Waals surface area (Å²) in [6.07, 6.45) is -8.29. The standard InChI is InChI=1S/C45H36O18/c46-18-10-27(54)33-31(11-18)62-45(17-3-6-22(49)26(53)9-17)44(59)38(33)36-32(63-45)14-29(56)35-37(39(58)41(61-43(35)36)16-2-5-21(48)25(52)8-16)34-28(55)13-23(50)19-12-30(57)40(60-42(19)34)15-1-4-20(47)24(51)7-15/h1-11,13-14,30,37-41,44,46-59H,12H2/t30?,37?,38-,39+,40?,41+,44-,45+/m1/s1. The summed E-state index contributed by atoms with van der Waals surface area (Å²) in [5, 5.41) is 155. The van der Waals surface area contributed by atoms with Crippen molar-refractivity contribution in [2.75, 3.05) is 0 Å². The van der Waals surface area contributed by atoms with E-state index in [1.54, 1.807) is 0 Å². The lowest BCUT2D eigenvalue weighted by atomic mass is 9.71. The molecular formula is C45H36O18. The lowest BCUT2D eigenvalue weighted by Crippen LogP contribution is -2.57. The highest BCUT2D eigenvalue weighted by atomic mass is 16.7. The molecule has 4 aliphatic heterocycles. The molecule has 0 radical (unpaired) electrons. The van der Waals surface area contributed by atoms with Crippen LogP contribution in [0.5, 0.6) is 86.2 Å². The van der Waals surface area contributed by atoms with Crippen LogP contribution < -0.4 is 18.9 Å². The fraction of sp³-hybridized carbons (Fsp3) is 0.200. The summed E-state index contributed by atoms with van der Waals surface area (Å²) in [6.45, 7) is 0. The van der Waals surface area contributed by atoms with Gasteiger partial charge in [0, 0.05) is 64.1 Å². The maximum atomic E-state index is 12.5. The van der Waals surface area contributed by atoms with Crippen LogP contribution in [0.1, 0.15) is 68.6 Å². The number of phenolic OH excluding ortho intramolecular Hbond substituents is 11. The normalized spacial score (nSPS) is 25.2. The summed E-state index contributed by atoms with van der Waals surface area (Å²) in [4.78, 5) is 0. The summed E-state index contributed by atoms with van der Waals surface area (Å²) < 4.78 is 25.6. The van der Waals surface area contributed by atoms with Gasteiger partial charge in [-0.3, -0.25) is 0 Å². The zero-order valence-corrected chi connectivity index (χ0v) is 32.1. The average molecular weight is 865 g/mol. The molecule has 0 saturated carbocycles. The van der Waals surface area contributed by atoms with Gasteiger partial charge in [-0.05, 0) is 53.6 Å². The first-order chi connectivity index (χ1) is 30.0. The highest BCUT2D eigenvalue weighted by Gasteiger charge is 2.61. The van der Waals surface area contributed by atoms with Crippen molar-refractivity contribution in [1.29, 1.82) is 0 Å². The molecule has 0 aromatic heterocycles. The van der Waals surface area contributed by atoms with Crippen molar-refractivity contribution in [3.63, 3.8) is 0 Å². The Labute approximate surface area is 354 Å². The number of ether oxygens (including phenoxy) is 4. The van der Waals surface area contributed by atoms with Crippen molar-refractivity contribution in [1.82, 2.24) is 0 Å². The van der Waals surface area contributed by atoms with Gasteiger partial charge in [-0.15, -0.1) is 0 Å². The Balaban J connectivity index is 1.25. The van der Waals surface area contributed by atoms with Crippen LogP contribution in [-0.4, -0.2) is 89.8 Å². The molecule has 6 aromatic rings. The van der Waals surface area contributed by atoms with Gasteiger partial charge in [-0.25, -0.2) is 0 Å². The summed E-state index contributed by atoms with van der Waals surface area (Å²) >= 11 is 0. The van der Waals surface area contributed by atoms with E-state index in [4.69, 9.17) is 18.9 Å². The molecule has 4 heterocycles. The second-order valence-corrected chi connectivity index (χ2v) is 15.9. The van der Waals surface area contributed by atoms with Crippen LogP contribution in [0.2, 0.25) is 0 Å². The van der Waals surface area contributed by atoms with Gasteiger partial charge in [0.15, 0.2) is 40.6 Å².